The van der Waals surface area contributed by atoms with Crippen molar-refractivity contribution < 1.29 is 28.6 Å². The Labute approximate surface area is 509 Å². The minimum absolute atomic E-state index is 0.0906. The van der Waals surface area contributed by atoms with Gasteiger partial charge in [0.15, 0.2) is 6.10 Å². The van der Waals surface area contributed by atoms with Crippen LogP contribution in [-0.4, -0.2) is 37.2 Å². The first-order valence-electron chi connectivity index (χ1n) is 35.6. The Bertz CT molecular complexity index is 1550. The highest BCUT2D eigenvalue weighted by Gasteiger charge is 2.19. The van der Waals surface area contributed by atoms with Gasteiger partial charge in [-0.1, -0.05) is 331 Å². The highest BCUT2D eigenvalue weighted by molar-refractivity contribution is 5.71. The van der Waals surface area contributed by atoms with Crippen molar-refractivity contribution in [2.24, 2.45) is 0 Å². The molecule has 1 unspecified atom stereocenters. The SMILES string of the molecule is CC/C=C\C/C=C\C/C=C\C/C=C\C/C=C\C/C=C\CCCCC(=O)OC(COC(=O)CCCCCCCCCC)COC(=O)CCCCCCCCCCCCCCCCCCCCCCCCC/C=C\CCCCCCCCCC. The number of unbranched alkanes of at least 4 members (excludes halogenated alkanes) is 40. The molecule has 474 valence electrons. The molecule has 0 aromatic rings. The lowest BCUT2D eigenvalue weighted by atomic mass is 10.0. The van der Waals surface area contributed by atoms with Gasteiger partial charge in [0.05, 0.1) is 0 Å². The fourth-order valence-corrected chi connectivity index (χ4v) is 10.3. The minimum Gasteiger partial charge on any atom is -0.462 e. The summed E-state index contributed by atoms with van der Waals surface area (Å²) in [5, 5.41) is 0. The first-order chi connectivity index (χ1) is 40.5. The van der Waals surface area contributed by atoms with Gasteiger partial charge in [0, 0.05) is 19.3 Å². The van der Waals surface area contributed by atoms with Crippen LogP contribution in [0.4, 0.5) is 0 Å². The molecular weight excluding hydrogens is 1010 g/mol. The molecule has 0 amide bonds. The summed E-state index contributed by atoms with van der Waals surface area (Å²) >= 11 is 0. The smallest absolute Gasteiger partial charge is 0.306 e. The van der Waals surface area contributed by atoms with Gasteiger partial charge >= 0.3 is 17.9 Å². The molecule has 6 nitrogen and oxygen atoms in total. The van der Waals surface area contributed by atoms with Gasteiger partial charge in [-0.15, -0.1) is 0 Å². The van der Waals surface area contributed by atoms with Gasteiger partial charge in [0.25, 0.3) is 0 Å². The monoisotopic (exact) mass is 1140 g/mol. The van der Waals surface area contributed by atoms with Crippen LogP contribution in [0.1, 0.15) is 361 Å². The third-order valence-corrected chi connectivity index (χ3v) is 15.6. The van der Waals surface area contributed by atoms with E-state index in [-0.39, 0.29) is 37.5 Å². The van der Waals surface area contributed by atoms with Crippen LogP contribution in [0.3, 0.4) is 0 Å². The number of ether oxygens (including phenoxy) is 3. The topological polar surface area (TPSA) is 78.9 Å². The second kappa shape index (κ2) is 70.1. The van der Waals surface area contributed by atoms with Crippen LogP contribution in [0.25, 0.3) is 0 Å². The summed E-state index contributed by atoms with van der Waals surface area (Å²) in [7, 11) is 0. The van der Waals surface area contributed by atoms with Crippen LogP contribution in [0.2, 0.25) is 0 Å². The van der Waals surface area contributed by atoms with Gasteiger partial charge in [0.2, 0.25) is 0 Å². The van der Waals surface area contributed by atoms with Crippen LogP contribution in [0, 0.1) is 0 Å². The largest absolute Gasteiger partial charge is 0.462 e. The van der Waals surface area contributed by atoms with Gasteiger partial charge in [-0.2, -0.15) is 0 Å². The molecule has 0 aliphatic heterocycles. The Hall–Kier alpha value is -3.41. The van der Waals surface area contributed by atoms with E-state index >= 15 is 0 Å². The summed E-state index contributed by atoms with van der Waals surface area (Å²) in [5.41, 5.74) is 0. The quantitative estimate of drug-likeness (QED) is 0.0261. The van der Waals surface area contributed by atoms with Gasteiger partial charge in [-0.25, -0.2) is 0 Å². The molecule has 6 heteroatoms. The number of hydrogen-bond donors (Lipinski definition) is 0. The molecule has 0 N–H and O–H groups in total. The molecular formula is C76H134O6. The van der Waals surface area contributed by atoms with Crippen molar-refractivity contribution in [3.63, 3.8) is 0 Å². The molecule has 0 radical (unpaired) electrons. The number of rotatable bonds is 65. The molecule has 0 aromatic carbocycles. The summed E-state index contributed by atoms with van der Waals surface area (Å²) in [6.45, 7) is 6.50. The van der Waals surface area contributed by atoms with E-state index in [9.17, 15) is 14.4 Å². The van der Waals surface area contributed by atoms with Crippen molar-refractivity contribution in [1.82, 2.24) is 0 Å². The summed E-state index contributed by atoms with van der Waals surface area (Å²) < 4.78 is 16.8. The Morgan fingerprint density at radius 1 is 0.256 bits per heavy atom. The Morgan fingerprint density at radius 3 is 0.780 bits per heavy atom. The normalized spacial score (nSPS) is 12.6. The summed E-state index contributed by atoms with van der Waals surface area (Å²) in [6.07, 6.45) is 93.7. The summed E-state index contributed by atoms with van der Waals surface area (Å²) in [5.74, 6) is -0.925. The first kappa shape index (κ1) is 78.6. The van der Waals surface area contributed by atoms with Crippen molar-refractivity contribution in [3.8, 4) is 0 Å². The van der Waals surface area contributed by atoms with Crippen LogP contribution in [0.5, 0.6) is 0 Å². The number of hydrogen-bond acceptors (Lipinski definition) is 6. The summed E-state index contributed by atoms with van der Waals surface area (Å²) in [4.78, 5) is 38.2. The Kier molecular flexibility index (Phi) is 67.2. The number of esters is 3. The van der Waals surface area contributed by atoms with E-state index in [1.165, 1.54) is 225 Å². The highest BCUT2D eigenvalue weighted by Crippen LogP contribution is 2.18. The second-order valence-corrected chi connectivity index (χ2v) is 23.8. The van der Waals surface area contributed by atoms with Crippen molar-refractivity contribution in [1.29, 1.82) is 0 Å². The van der Waals surface area contributed by atoms with Crippen LogP contribution >= 0.6 is 0 Å². The number of allylic oxidation sites excluding steroid dienone is 14. The molecule has 1 atom stereocenters. The summed E-state index contributed by atoms with van der Waals surface area (Å²) in [6, 6.07) is 0. The number of carbonyl (C=O) groups is 3. The van der Waals surface area contributed by atoms with E-state index in [1.807, 2.05) is 0 Å². The zero-order valence-electron chi connectivity index (χ0n) is 54.5. The van der Waals surface area contributed by atoms with Crippen molar-refractivity contribution in [3.05, 3.63) is 85.1 Å². The van der Waals surface area contributed by atoms with Crippen molar-refractivity contribution in [2.45, 2.75) is 367 Å². The molecule has 0 saturated carbocycles. The third-order valence-electron chi connectivity index (χ3n) is 15.6. The van der Waals surface area contributed by atoms with Crippen LogP contribution in [0.15, 0.2) is 85.1 Å². The van der Waals surface area contributed by atoms with Gasteiger partial charge in [-0.05, 0) is 96.3 Å². The average molecular weight is 1140 g/mol. The lowest BCUT2D eigenvalue weighted by Crippen LogP contribution is -2.30. The minimum atomic E-state index is -0.797. The molecule has 0 spiro atoms. The van der Waals surface area contributed by atoms with E-state index in [4.69, 9.17) is 14.2 Å². The molecule has 0 aromatic heterocycles. The lowest BCUT2D eigenvalue weighted by Gasteiger charge is -2.18. The van der Waals surface area contributed by atoms with E-state index in [0.717, 1.165) is 89.9 Å². The molecule has 0 saturated heterocycles. The van der Waals surface area contributed by atoms with E-state index in [2.05, 4.69) is 106 Å². The van der Waals surface area contributed by atoms with Crippen LogP contribution in [-0.2, 0) is 28.6 Å². The zero-order chi connectivity index (χ0) is 59.2. The molecule has 82 heavy (non-hydrogen) atoms. The number of carbonyl (C=O) groups excluding carboxylic acids is 3. The molecule has 0 rings (SSSR count). The maximum absolute atomic E-state index is 12.9. The second-order valence-electron chi connectivity index (χ2n) is 23.8. The predicted molar refractivity (Wildman–Crippen MR) is 358 cm³/mol. The Morgan fingerprint density at radius 2 is 0.476 bits per heavy atom. The van der Waals surface area contributed by atoms with E-state index in [1.54, 1.807) is 0 Å². The van der Waals surface area contributed by atoms with Crippen molar-refractivity contribution in [2.75, 3.05) is 13.2 Å². The van der Waals surface area contributed by atoms with Gasteiger partial charge < -0.3 is 14.2 Å². The highest BCUT2D eigenvalue weighted by atomic mass is 16.6. The molecule has 0 aliphatic rings. The standard InChI is InChI=1S/C76H134O6/c1-4-7-10-13-16-19-21-23-25-27-29-31-32-33-34-35-36-37-38-39-40-41-42-43-44-46-47-49-51-53-55-57-60-63-66-69-75(78)81-72-73(71-80-74(77)68-65-62-59-18-15-12-9-6-3)82-76(79)70-67-64-61-58-56-54-52-50-48-45-30-28-26-24-22-20-17-14-11-8-5-2/h8,11,17,20,24,26-27,29-30,45,50,52,56,58,73H,4-7,9-10,12-16,18-19,21-23,25,28,31-44,46-49,51,53-55,57,59-72H2,1-3H3/b11-8-,20-17-,26-24-,29-27-,45-30-,52-50-,58-56-. The predicted octanol–water partition coefficient (Wildman–Crippen LogP) is 24.6. The fraction of sp³-hybridized carbons (Fsp3) is 0.776. The average Bonchev–Trinajstić information content (AvgIpc) is 3.48. The van der Waals surface area contributed by atoms with E-state index in [0.29, 0.717) is 19.3 Å². The molecule has 0 heterocycles. The van der Waals surface area contributed by atoms with E-state index < -0.39 is 6.10 Å². The maximum atomic E-state index is 12.9. The maximum Gasteiger partial charge on any atom is 0.306 e. The lowest BCUT2D eigenvalue weighted by molar-refractivity contribution is -0.167. The van der Waals surface area contributed by atoms with Crippen LogP contribution < -0.4 is 0 Å². The first-order valence-corrected chi connectivity index (χ1v) is 35.6. The third kappa shape index (κ3) is 67.4. The van der Waals surface area contributed by atoms with Gasteiger partial charge in [0.1, 0.15) is 13.2 Å². The van der Waals surface area contributed by atoms with Gasteiger partial charge in [-0.3, -0.25) is 14.4 Å². The molecule has 0 bridgehead atoms. The zero-order valence-corrected chi connectivity index (χ0v) is 54.5. The fourth-order valence-electron chi connectivity index (χ4n) is 10.3. The molecule has 0 fully saturated rings. The van der Waals surface area contributed by atoms with Crippen molar-refractivity contribution >= 4 is 17.9 Å². The Balaban J connectivity index is 4.05. The molecule has 0 aliphatic carbocycles.